The van der Waals surface area contributed by atoms with E-state index in [1.807, 2.05) is 44.2 Å². The molecule has 10 heteroatoms. The molecule has 0 aliphatic carbocycles. The van der Waals surface area contributed by atoms with Crippen LogP contribution in [0.3, 0.4) is 0 Å². The number of hydrogen-bond donors (Lipinski definition) is 1. The molecule has 0 radical (unpaired) electrons. The maximum Gasteiger partial charge on any atom is 0.226 e. The summed E-state index contributed by atoms with van der Waals surface area (Å²) in [5.41, 5.74) is 3.39. The van der Waals surface area contributed by atoms with Gasteiger partial charge in [-0.1, -0.05) is 13.0 Å². The molecular formula is C23H25N7O3. The van der Waals surface area contributed by atoms with Gasteiger partial charge in [-0.15, -0.1) is 15.3 Å². The van der Waals surface area contributed by atoms with E-state index in [1.165, 1.54) is 0 Å². The van der Waals surface area contributed by atoms with Crippen LogP contribution in [0.2, 0.25) is 0 Å². The maximum absolute atomic E-state index is 12.7. The highest BCUT2D eigenvalue weighted by molar-refractivity contribution is 5.95. The Balaban J connectivity index is 1.59. The second-order valence-electron chi connectivity index (χ2n) is 8.03. The predicted octanol–water partition coefficient (Wildman–Crippen LogP) is 3.20. The van der Waals surface area contributed by atoms with Gasteiger partial charge in [-0.3, -0.25) is 4.79 Å². The van der Waals surface area contributed by atoms with Gasteiger partial charge in [0, 0.05) is 17.9 Å². The van der Waals surface area contributed by atoms with Crippen molar-refractivity contribution >= 4 is 17.4 Å². The van der Waals surface area contributed by atoms with Crippen LogP contribution in [-0.4, -0.2) is 49.2 Å². The largest absolute Gasteiger partial charge is 0.493 e. The van der Waals surface area contributed by atoms with Gasteiger partial charge in [0.05, 0.1) is 19.4 Å². The molecule has 1 aromatic carbocycles. The summed E-state index contributed by atoms with van der Waals surface area (Å²) in [5, 5.41) is 20.5. The third-order valence-electron chi connectivity index (χ3n) is 5.78. The van der Waals surface area contributed by atoms with Crippen molar-refractivity contribution in [1.29, 1.82) is 0 Å². The SMILES string of the molecule is CCCOc1ccc(C2CC(=O)Nc3c2c(C)nn3-c2ccc3nnc(C)n3n2)cc1OC. The summed E-state index contributed by atoms with van der Waals surface area (Å²) in [6, 6.07) is 9.48. The second kappa shape index (κ2) is 8.19. The highest BCUT2D eigenvalue weighted by Gasteiger charge is 2.33. The summed E-state index contributed by atoms with van der Waals surface area (Å²) in [6.07, 6.45) is 1.22. The topological polar surface area (TPSA) is 108 Å². The van der Waals surface area contributed by atoms with Crippen molar-refractivity contribution < 1.29 is 14.3 Å². The average molecular weight is 447 g/mol. The number of carbonyl (C=O) groups is 1. The van der Waals surface area contributed by atoms with Crippen LogP contribution in [0.5, 0.6) is 11.5 Å². The van der Waals surface area contributed by atoms with Crippen LogP contribution >= 0.6 is 0 Å². The van der Waals surface area contributed by atoms with Gasteiger partial charge in [0.1, 0.15) is 5.82 Å². The summed E-state index contributed by atoms with van der Waals surface area (Å²) >= 11 is 0. The molecule has 0 saturated heterocycles. The fourth-order valence-electron chi connectivity index (χ4n) is 4.23. The number of amides is 1. The van der Waals surface area contributed by atoms with E-state index in [1.54, 1.807) is 16.3 Å². The van der Waals surface area contributed by atoms with Crippen LogP contribution in [0.4, 0.5) is 5.82 Å². The Morgan fingerprint density at radius 3 is 2.76 bits per heavy atom. The third-order valence-corrected chi connectivity index (χ3v) is 5.78. The van der Waals surface area contributed by atoms with Crippen LogP contribution < -0.4 is 14.8 Å². The number of ether oxygens (including phenoxy) is 2. The number of aromatic nitrogens is 6. The predicted molar refractivity (Wildman–Crippen MR) is 121 cm³/mol. The zero-order valence-electron chi connectivity index (χ0n) is 19.0. The highest BCUT2D eigenvalue weighted by Crippen LogP contribution is 2.42. The van der Waals surface area contributed by atoms with E-state index in [-0.39, 0.29) is 11.8 Å². The number of benzene rings is 1. The van der Waals surface area contributed by atoms with Gasteiger partial charge in [-0.2, -0.15) is 14.3 Å². The van der Waals surface area contributed by atoms with Gasteiger partial charge >= 0.3 is 0 Å². The Morgan fingerprint density at radius 2 is 1.97 bits per heavy atom. The van der Waals surface area contributed by atoms with E-state index in [0.29, 0.717) is 47.6 Å². The van der Waals surface area contributed by atoms with Crippen LogP contribution in [0.1, 0.15) is 48.3 Å². The van der Waals surface area contributed by atoms with E-state index in [4.69, 9.17) is 14.6 Å². The number of anilines is 1. The van der Waals surface area contributed by atoms with E-state index in [2.05, 4.69) is 27.5 Å². The quantitative estimate of drug-likeness (QED) is 0.483. The van der Waals surface area contributed by atoms with Crippen molar-refractivity contribution in [3.8, 4) is 17.3 Å². The van der Waals surface area contributed by atoms with E-state index >= 15 is 0 Å². The summed E-state index contributed by atoms with van der Waals surface area (Å²) in [6.45, 7) is 6.44. The Hall–Kier alpha value is -3.95. The minimum absolute atomic E-state index is 0.0829. The van der Waals surface area contributed by atoms with Gasteiger partial charge in [-0.05, 0) is 50.1 Å². The molecule has 1 aliphatic rings. The van der Waals surface area contributed by atoms with Gasteiger partial charge in [0.25, 0.3) is 0 Å². The first-order valence-corrected chi connectivity index (χ1v) is 10.9. The molecule has 1 N–H and O–H groups in total. The normalized spacial score (nSPS) is 15.4. The Bertz CT molecular complexity index is 1360. The number of methoxy groups -OCH3 is 1. The maximum atomic E-state index is 12.7. The number of carbonyl (C=O) groups excluding carboxylic acids is 1. The van der Waals surface area contributed by atoms with Gasteiger partial charge in [0.15, 0.2) is 28.8 Å². The molecule has 4 heterocycles. The van der Waals surface area contributed by atoms with Gasteiger partial charge in [-0.25, -0.2) is 0 Å². The zero-order valence-corrected chi connectivity index (χ0v) is 19.0. The van der Waals surface area contributed by atoms with Crippen LogP contribution in [0, 0.1) is 13.8 Å². The zero-order chi connectivity index (χ0) is 23.1. The fraction of sp³-hybridized carbons (Fsp3) is 0.348. The minimum atomic E-state index is -0.169. The first kappa shape index (κ1) is 20.9. The molecular weight excluding hydrogens is 422 g/mol. The molecule has 1 aliphatic heterocycles. The molecule has 1 atom stereocenters. The summed E-state index contributed by atoms with van der Waals surface area (Å²) in [5.74, 6) is 2.95. The molecule has 0 spiro atoms. The Labute approximate surface area is 190 Å². The van der Waals surface area contributed by atoms with Crippen LogP contribution in [-0.2, 0) is 4.79 Å². The smallest absolute Gasteiger partial charge is 0.226 e. The number of nitrogens with one attached hydrogen (secondary N) is 1. The summed E-state index contributed by atoms with van der Waals surface area (Å²) < 4.78 is 14.7. The molecule has 0 saturated carbocycles. The number of rotatable bonds is 6. The number of hydrogen-bond acceptors (Lipinski definition) is 7. The van der Waals surface area contributed by atoms with Crippen molar-refractivity contribution in [2.45, 2.75) is 39.5 Å². The lowest BCUT2D eigenvalue weighted by molar-refractivity contribution is -0.116. The third kappa shape index (κ3) is 3.57. The Morgan fingerprint density at radius 1 is 1.12 bits per heavy atom. The van der Waals surface area contributed by atoms with Gasteiger partial charge in [0.2, 0.25) is 5.91 Å². The van der Waals surface area contributed by atoms with Crippen LogP contribution in [0.15, 0.2) is 30.3 Å². The molecule has 3 aromatic heterocycles. The van der Waals surface area contributed by atoms with Crippen molar-refractivity contribution in [2.75, 3.05) is 19.0 Å². The standard InChI is InChI=1S/C23H25N7O3/c1-5-10-33-17-7-6-15(11-18(17)32-4)16-12-21(31)24-23-22(16)13(2)27-30(23)20-9-8-19-26-25-14(3)29(19)28-20/h6-9,11,16H,5,10,12H2,1-4H3,(H,24,31). The highest BCUT2D eigenvalue weighted by atomic mass is 16.5. The summed E-state index contributed by atoms with van der Waals surface area (Å²) in [4.78, 5) is 12.7. The number of aryl methyl sites for hydroxylation is 2. The summed E-state index contributed by atoms with van der Waals surface area (Å²) in [7, 11) is 1.62. The van der Waals surface area contributed by atoms with Crippen molar-refractivity contribution in [3.05, 3.63) is 53.0 Å². The number of nitrogens with zero attached hydrogens (tertiary/aromatic N) is 6. The molecule has 10 nitrogen and oxygen atoms in total. The molecule has 0 bridgehead atoms. The monoisotopic (exact) mass is 447 g/mol. The van der Waals surface area contributed by atoms with E-state index in [9.17, 15) is 4.79 Å². The first-order chi connectivity index (χ1) is 16.0. The van der Waals surface area contributed by atoms with Crippen molar-refractivity contribution in [2.24, 2.45) is 0 Å². The van der Waals surface area contributed by atoms with E-state index < -0.39 is 0 Å². The molecule has 0 fully saturated rings. The fourth-order valence-corrected chi connectivity index (χ4v) is 4.23. The average Bonchev–Trinajstić information content (AvgIpc) is 3.36. The molecule has 5 rings (SSSR count). The van der Waals surface area contributed by atoms with Crippen LogP contribution in [0.25, 0.3) is 11.5 Å². The lowest BCUT2D eigenvalue weighted by atomic mass is 9.85. The van der Waals surface area contributed by atoms with E-state index in [0.717, 1.165) is 23.2 Å². The molecule has 170 valence electrons. The molecule has 1 amide bonds. The van der Waals surface area contributed by atoms with Gasteiger partial charge < -0.3 is 14.8 Å². The molecule has 33 heavy (non-hydrogen) atoms. The van der Waals surface area contributed by atoms with Crippen molar-refractivity contribution in [1.82, 2.24) is 29.6 Å². The molecule has 4 aromatic rings. The minimum Gasteiger partial charge on any atom is -0.493 e. The Kier molecular flexibility index (Phi) is 5.20. The first-order valence-electron chi connectivity index (χ1n) is 10.9. The lowest BCUT2D eigenvalue weighted by Crippen LogP contribution is -2.25. The van der Waals surface area contributed by atoms with Crippen molar-refractivity contribution in [3.63, 3.8) is 0 Å². The molecule has 1 unspecified atom stereocenters. The lowest BCUT2D eigenvalue weighted by Gasteiger charge is -2.25. The number of fused-ring (bicyclic) bond motifs is 2. The second-order valence-corrected chi connectivity index (χ2v) is 8.03.